The van der Waals surface area contributed by atoms with E-state index in [2.05, 4.69) is 24.0 Å². The average Bonchev–Trinajstić information content (AvgIpc) is 2.20. The van der Waals surface area contributed by atoms with Crippen molar-refractivity contribution in [3.63, 3.8) is 0 Å². The number of pyridine rings is 1. The van der Waals surface area contributed by atoms with E-state index in [0.29, 0.717) is 11.7 Å². The third-order valence-electron chi connectivity index (χ3n) is 2.28. The predicted octanol–water partition coefficient (Wildman–Crippen LogP) is 2.04. The largest absolute Gasteiger partial charge is 0.399 e. The first kappa shape index (κ1) is 11.5. The quantitative estimate of drug-likeness (QED) is 0.607. The zero-order valence-corrected chi connectivity index (χ0v) is 9.34. The van der Waals surface area contributed by atoms with Crippen LogP contribution in [0.5, 0.6) is 0 Å². The summed E-state index contributed by atoms with van der Waals surface area (Å²) in [5.74, 6) is 1.09. The molecule has 2 N–H and O–H groups in total. The van der Waals surface area contributed by atoms with E-state index in [4.69, 9.17) is 10.6 Å². The van der Waals surface area contributed by atoms with Crippen molar-refractivity contribution in [2.75, 3.05) is 12.8 Å². The van der Waals surface area contributed by atoms with Crippen molar-refractivity contribution in [1.82, 2.24) is 4.98 Å². The number of anilines is 1. The van der Waals surface area contributed by atoms with Crippen molar-refractivity contribution in [3.05, 3.63) is 23.9 Å². The number of aromatic nitrogens is 1. The van der Waals surface area contributed by atoms with Gasteiger partial charge in [0.2, 0.25) is 0 Å². The monoisotopic (exact) mass is 207 g/mol. The van der Waals surface area contributed by atoms with E-state index in [0.717, 1.165) is 5.56 Å². The molecule has 1 atom stereocenters. The van der Waals surface area contributed by atoms with E-state index in [1.54, 1.807) is 12.4 Å². The van der Waals surface area contributed by atoms with Crippen LogP contribution in [0.3, 0.4) is 0 Å². The summed E-state index contributed by atoms with van der Waals surface area (Å²) in [4.78, 5) is 8.76. The molecule has 1 aromatic heterocycles. The molecule has 0 unspecified atom stereocenters. The van der Waals surface area contributed by atoms with Crippen molar-refractivity contribution >= 4 is 12.0 Å². The molecule has 4 nitrogen and oxygen atoms in total. The lowest BCUT2D eigenvalue weighted by Crippen LogP contribution is -2.11. The Kier molecular flexibility index (Phi) is 4.09. The normalized spacial score (nSPS) is 13.3. The fourth-order valence-electron chi connectivity index (χ4n) is 1.45. The Morgan fingerprint density at radius 1 is 1.53 bits per heavy atom. The average molecular weight is 207 g/mol. The van der Waals surface area contributed by atoms with Gasteiger partial charge in [0.25, 0.3) is 0 Å². The van der Waals surface area contributed by atoms with Crippen molar-refractivity contribution in [2.45, 2.75) is 19.8 Å². The molecule has 0 aromatic carbocycles. The Bertz CT molecular complexity index is 336. The van der Waals surface area contributed by atoms with Crippen molar-refractivity contribution in [1.29, 1.82) is 0 Å². The van der Waals surface area contributed by atoms with Gasteiger partial charge < -0.3 is 10.6 Å². The second-order valence-electron chi connectivity index (χ2n) is 3.68. The van der Waals surface area contributed by atoms with Gasteiger partial charge in [-0.15, -0.1) is 0 Å². The summed E-state index contributed by atoms with van der Waals surface area (Å²) >= 11 is 0. The minimum absolute atomic E-state index is 0.138. The molecule has 0 spiro atoms. The molecule has 0 bridgehead atoms. The van der Waals surface area contributed by atoms with E-state index in [9.17, 15) is 0 Å². The number of hydrogen-bond acceptors (Lipinski definition) is 4. The first-order valence-electron chi connectivity index (χ1n) is 4.93. The lowest BCUT2D eigenvalue weighted by atomic mass is 9.90. The minimum Gasteiger partial charge on any atom is -0.399 e. The van der Waals surface area contributed by atoms with Gasteiger partial charge in [-0.2, -0.15) is 0 Å². The van der Waals surface area contributed by atoms with Gasteiger partial charge in [0, 0.05) is 17.7 Å². The fourth-order valence-corrected chi connectivity index (χ4v) is 1.45. The molecule has 1 heterocycles. The van der Waals surface area contributed by atoms with Gasteiger partial charge in [-0.1, -0.05) is 25.1 Å². The maximum atomic E-state index is 5.82. The van der Waals surface area contributed by atoms with Crippen molar-refractivity contribution in [3.8, 4) is 0 Å². The Balaban J connectivity index is 2.99. The van der Waals surface area contributed by atoms with E-state index in [-0.39, 0.29) is 5.92 Å². The van der Waals surface area contributed by atoms with Gasteiger partial charge in [0.1, 0.15) is 12.9 Å². The summed E-state index contributed by atoms with van der Waals surface area (Å²) in [5, 5.41) is 3.80. The molecule has 0 saturated heterocycles. The van der Waals surface area contributed by atoms with Crippen molar-refractivity contribution < 1.29 is 4.84 Å². The first-order valence-corrected chi connectivity index (χ1v) is 4.93. The molecule has 0 aliphatic heterocycles. The summed E-state index contributed by atoms with van der Waals surface area (Å²) in [6.07, 6.45) is 3.45. The summed E-state index contributed by atoms with van der Waals surface area (Å²) < 4.78 is 0. The van der Waals surface area contributed by atoms with Gasteiger partial charge in [0.15, 0.2) is 0 Å². The highest BCUT2D eigenvalue weighted by Gasteiger charge is 2.16. The number of nitrogen functional groups attached to an aromatic ring is 1. The number of rotatable bonds is 4. The van der Waals surface area contributed by atoms with Crippen LogP contribution in [0, 0.1) is 5.92 Å². The van der Waals surface area contributed by atoms with Gasteiger partial charge in [-0.3, -0.25) is 0 Å². The Morgan fingerprint density at radius 2 is 2.27 bits per heavy atom. The van der Waals surface area contributed by atoms with Gasteiger partial charge in [0.05, 0.1) is 6.21 Å². The highest BCUT2D eigenvalue weighted by Crippen LogP contribution is 2.25. The highest BCUT2D eigenvalue weighted by molar-refractivity contribution is 5.70. The predicted molar refractivity (Wildman–Crippen MR) is 61.7 cm³/mol. The second kappa shape index (κ2) is 5.34. The SMILES string of the molecule is CO/N=C/[C@@H](c1cccnc1N)C(C)C. The number of nitrogens with two attached hydrogens (primary N) is 1. The molecular formula is C11H17N3O. The zero-order valence-electron chi connectivity index (χ0n) is 9.34. The van der Waals surface area contributed by atoms with Crippen LogP contribution in [0.25, 0.3) is 0 Å². The fraction of sp³-hybridized carbons (Fsp3) is 0.455. The van der Waals surface area contributed by atoms with Crippen LogP contribution in [0.4, 0.5) is 5.82 Å². The summed E-state index contributed by atoms with van der Waals surface area (Å²) in [7, 11) is 1.53. The van der Waals surface area contributed by atoms with Gasteiger partial charge in [-0.25, -0.2) is 4.98 Å². The highest BCUT2D eigenvalue weighted by atomic mass is 16.6. The van der Waals surface area contributed by atoms with Gasteiger partial charge >= 0.3 is 0 Å². The lowest BCUT2D eigenvalue weighted by Gasteiger charge is -2.17. The molecule has 82 valence electrons. The Morgan fingerprint density at radius 3 is 2.80 bits per heavy atom. The maximum absolute atomic E-state index is 5.82. The standard InChI is InChI=1S/C11H17N3O/c1-8(2)10(7-14-15-3)9-5-4-6-13-11(9)12/h4-8,10H,1-3H3,(H2,12,13)/b14-7+/t10-/m1/s1. The zero-order chi connectivity index (χ0) is 11.3. The van der Waals surface area contributed by atoms with Crippen LogP contribution in [0.15, 0.2) is 23.5 Å². The number of hydrogen-bond donors (Lipinski definition) is 1. The lowest BCUT2D eigenvalue weighted by molar-refractivity contribution is 0.213. The van der Waals surface area contributed by atoms with Crippen LogP contribution in [0.1, 0.15) is 25.3 Å². The number of nitrogens with zero attached hydrogens (tertiary/aromatic N) is 2. The van der Waals surface area contributed by atoms with Gasteiger partial charge in [-0.05, 0) is 12.0 Å². The van der Waals surface area contributed by atoms with E-state index < -0.39 is 0 Å². The van der Waals surface area contributed by atoms with E-state index in [1.807, 2.05) is 12.1 Å². The smallest absolute Gasteiger partial charge is 0.127 e. The first-order chi connectivity index (χ1) is 7.16. The summed E-state index contributed by atoms with van der Waals surface area (Å²) in [5.41, 5.74) is 6.81. The van der Waals surface area contributed by atoms with Crippen LogP contribution >= 0.6 is 0 Å². The molecular weight excluding hydrogens is 190 g/mol. The maximum Gasteiger partial charge on any atom is 0.127 e. The Hall–Kier alpha value is -1.58. The number of oxime groups is 1. The second-order valence-corrected chi connectivity index (χ2v) is 3.68. The molecule has 0 aliphatic carbocycles. The third kappa shape index (κ3) is 2.94. The van der Waals surface area contributed by atoms with Crippen LogP contribution in [0.2, 0.25) is 0 Å². The Labute approximate surface area is 90.1 Å². The van der Waals surface area contributed by atoms with Crippen LogP contribution in [-0.2, 0) is 4.84 Å². The molecule has 0 aliphatic rings. The minimum atomic E-state index is 0.138. The topological polar surface area (TPSA) is 60.5 Å². The molecule has 0 saturated carbocycles. The molecule has 0 fully saturated rings. The molecule has 15 heavy (non-hydrogen) atoms. The molecule has 1 aromatic rings. The third-order valence-corrected chi connectivity index (χ3v) is 2.28. The van der Waals surface area contributed by atoms with Crippen LogP contribution in [-0.4, -0.2) is 18.3 Å². The van der Waals surface area contributed by atoms with Crippen LogP contribution < -0.4 is 5.73 Å². The summed E-state index contributed by atoms with van der Waals surface area (Å²) in [6.45, 7) is 4.22. The molecule has 0 amide bonds. The molecule has 0 radical (unpaired) electrons. The summed E-state index contributed by atoms with van der Waals surface area (Å²) in [6, 6.07) is 3.84. The van der Waals surface area contributed by atoms with E-state index >= 15 is 0 Å². The molecule has 1 rings (SSSR count). The molecule has 4 heteroatoms. The van der Waals surface area contributed by atoms with E-state index in [1.165, 1.54) is 7.11 Å². The van der Waals surface area contributed by atoms with Crippen molar-refractivity contribution in [2.24, 2.45) is 11.1 Å².